The van der Waals surface area contributed by atoms with Crippen LogP contribution in [0.4, 0.5) is 10.1 Å². The van der Waals surface area contributed by atoms with Crippen LogP contribution >= 0.6 is 0 Å². The summed E-state index contributed by atoms with van der Waals surface area (Å²) in [5, 5.41) is 4.41. The number of rotatable bonds is 7. The molecule has 1 aliphatic rings. The molecule has 1 aliphatic heterocycles. The standard InChI is InChI=1S/C23H22FN3O5S2/c1-32-20-11-9-16(10-12-20)23-15-22(17-5-3-7-19(13-17)26-33(2,28)29)25-27(23)34(30,31)21-8-4-6-18(24)14-21/h3-14,23,26H,15H2,1-2H3/t23-/m0/s1. The summed E-state index contributed by atoms with van der Waals surface area (Å²) in [5.41, 5.74) is 2.00. The molecule has 0 saturated carbocycles. The zero-order valence-electron chi connectivity index (χ0n) is 18.3. The van der Waals surface area contributed by atoms with E-state index in [-0.39, 0.29) is 11.3 Å². The van der Waals surface area contributed by atoms with Crippen LogP contribution in [0.5, 0.6) is 5.75 Å². The molecule has 0 aliphatic carbocycles. The van der Waals surface area contributed by atoms with Crippen molar-refractivity contribution in [1.82, 2.24) is 4.41 Å². The predicted octanol–water partition coefficient (Wildman–Crippen LogP) is 3.75. The molecule has 1 N–H and O–H groups in total. The normalized spacial score (nSPS) is 16.3. The number of hydrazone groups is 1. The van der Waals surface area contributed by atoms with E-state index >= 15 is 0 Å². The molecule has 0 aromatic heterocycles. The highest BCUT2D eigenvalue weighted by molar-refractivity contribution is 7.92. The quantitative estimate of drug-likeness (QED) is 0.529. The summed E-state index contributed by atoms with van der Waals surface area (Å²) in [6, 6.07) is 17.5. The van der Waals surface area contributed by atoms with Crippen molar-refractivity contribution in [1.29, 1.82) is 0 Å². The third-order valence-electron chi connectivity index (χ3n) is 5.21. The van der Waals surface area contributed by atoms with Crippen LogP contribution in [0, 0.1) is 5.82 Å². The molecular weight excluding hydrogens is 481 g/mol. The average Bonchev–Trinajstić information content (AvgIpc) is 3.25. The molecule has 0 amide bonds. The molecule has 178 valence electrons. The van der Waals surface area contributed by atoms with Crippen molar-refractivity contribution in [2.45, 2.75) is 17.4 Å². The number of sulfonamides is 2. The maximum absolute atomic E-state index is 13.8. The van der Waals surface area contributed by atoms with Crippen molar-refractivity contribution in [3.63, 3.8) is 0 Å². The van der Waals surface area contributed by atoms with E-state index in [1.807, 2.05) is 0 Å². The Balaban J connectivity index is 1.78. The highest BCUT2D eigenvalue weighted by atomic mass is 32.2. The first kappa shape index (κ1) is 23.7. The van der Waals surface area contributed by atoms with Gasteiger partial charge in [0.05, 0.1) is 30.0 Å². The minimum atomic E-state index is -4.19. The second-order valence-corrected chi connectivity index (χ2v) is 11.3. The lowest BCUT2D eigenvalue weighted by molar-refractivity contribution is 0.370. The van der Waals surface area contributed by atoms with E-state index in [4.69, 9.17) is 4.74 Å². The molecule has 3 aromatic carbocycles. The van der Waals surface area contributed by atoms with Crippen molar-refractivity contribution in [3.05, 3.63) is 89.7 Å². The van der Waals surface area contributed by atoms with Gasteiger partial charge in [-0.1, -0.05) is 30.3 Å². The van der Waals surface area contributed by atoms with Gasteiger partial charge in [0.1, 0.15) is 11.6 Å². The van der Waals surface area contributed by atoms with Gasteiger partial charge in [0, 0.05) is 12.1 Å². The first-order chi connectivity index (χ1) is 16.1. The predicted molar refractivity (Wildman–Crippen MR) is 127 cm³/mol. The Labute approximate surface area is 197 Å². The molecule has 3 aromatic rings. The van der Waals surface area contributed by atoms with Crippen LogP contribution in [0.1, 0.15) is 23.6 Å². The highest BCUT2D eigenvalue weighted by Crippen LogP contribution is 2.38. The van der Waals surface area contributed by atoms with Crippen LogP contribution < -0.4 is 9.46 Å². The summed E-state index contributed by atoms with van der Waals surface area (Å²) < 4.78 is 72.6. The van der Waals surface area contributed by atoms with E-state index < -0.39 is 31.9 Å². The van der Waals surface area contributed by atoms with Crippen LogP contribution in [0.25, 0.3) is 0 Å². The Hall–Kier alpha value is -3.44. The summed E-state index contributed by atoms with van der Waals surface area (Å²) in [4.78, 5) is -0.219. The summed E-state index contributed by atoms with van der Waals surface area (Å²) in [7, 11) is -6.15. The molecule has 0 spiro atoms. The Morgan fingerprint density at radius 1 is 1.00 bits per heavy atom. The number of hydrogen-bond donors (Lipinski definition) is 1. The molecule has 8 nitrogen and oxygen atoms in total. The summed E-state index contributed by atoms with van der Waals surface area (Å²) >= 11 is 0. The van der Waals surface area contributed by atoms with Crippen LogP contribution in [0.2, 0.25) is 0 Å². The third kappa shape index (κ3) is 5.05. The molecule has 11 heteroatoms. The summed E-state index contributed by atoms with van der Waals surface area (Å²) in [6.45, 7) is 0. The van der Waals surface area contributed by atoms with Crippen LogP contribution in [-0.4, -0.2) is 40.3 Å². The number of nitrogens with one attached hydrogen (secondary N) is 1. The lowest BCUT2D eigenvalue weighted by Gasteiger charge is -2.23. The number of anilines is 1. The summed E-state index contributed by atoms with van der Waals surface area (Å²) in [5.74, 6) is -0.0630. The SMILES string of the molecule is COc1ccc([C@@H]2CC(c3cccc(NS(C)(=O)=O)c3)=NN2S(=O)(=O)c2cccc(F)c2)cc1. The molecule has 0 fully saturated rings. The van der Waals surface area contributed by atoms with E-state index in [9.17, 15) is 21.2 Å². The molecule has 0 radical (unpaired) electrons. The van der Waals surface area contributed by atoms with Crippen molar-refractivity contribution in [2.75, 3.05) is 18.1 Å². The van der Waals surface area contributed by atoms with Crippen molar-refractivity contribution in [3.8, 4) is 5.75 Å². The topological polar surface area (TPSA) is 105 Å². The van der Waals surface area contributed by atoms with Crippen molar-refractivity contribution < 1.29 is 26.0 Å². The van der Waals surface area contributed by atoms with Gasteiger partial charge in [-0.2, -0.15) is 17.9 Å². The van der Waals surface area contributed by atoms with Gasteiger partial charge in [0.2, 0.25) is 10.0 Å². The van der Waals surface area contributed by atoms with E-state index in [2.05, 4.69) is 9.82 Å². The molecule has 1 heterocycles. The van der Waals surface area contributed by atoms with Gasteiger partial charge in [0.25, 0.3) is 10.0 Å². The number of ether oxygens (including phenoxy) is 1. The van der Waals surface area contributed by atoms with Crippen LogP contribution in [-0.2, 0) is 20.0 Å². The lowest BCUT2D eigenvalue weighted by Crippen LogP contribution is -2.27. The Morgan fingerprint density at radius 2 is 1.71 bits per heavy atom. The van der Waals surface area contributed by atoms with E-state index in [1.165, 1.54) is 25.3 Å². The fraction of sp³-hybridized carbons (Fsp3) is 0.174. The Bertz CT molecular complexity index is 1460. The minimum absolute atomic E-state index is 0.219. The molecule has 4 rings (SSSR count). The second-order valence-electron chi connectivity index (χ2n) is 7.73. The first-order valence-electron chi connectivity index (χ1n) is 10.2. The summed E-state index contributed by atoms with van der Waals surface area (Å²) in [6.07, 6.45) is 1.27. The van der Waals surface area contributed by atoms with Gasteiger partial charge in [-0.3, -0.25) is 4.72 Å². The molecule has 0 bridgehead atoms. The third-order valence-corrected chi connectivity index (χ3v) is 7.50. The van der Waals surface area contributed by atoms with Crippen molar-refractivity contribution in [2.24, 2.45) is 5.10 Å². The maximum Gasteiger partial charge on any atom is 0.279 e. The van der Waals surface area contributed by atoms with E-state index in [1.54, 1.807) is 48.5 Å². The maximum atomic E-state index is 13.8. The average molecular weight is 504 g/mol. The number of halogens is 1. The smallest absolute Gasteiger partial charge is 0.279 e. The Morgan fingerprint density at radius 3 is 2.35 bits per heavy atom. The molecular formula is C23H22FN3O5S2. The Kier molecular flexibility index (Phi) is 6.32. The molecule has 34 heavy (non-hydrogen) atoms. The van der Waals surface area contributed by atoms with Gasteiger partial charge in [-0.05, 0) is 53.6 Å². The van der Waals surface area contributed by atoms with Crippen molar-refractivity contribution >= 4 is 31.4 Å². The van der Waals surface area contributed by atoms with Crippen LogP contribution in [0.15, 0.2) is 82.8 Å². The fourth-order valence-electron chi connectivity index (χ4n) is 3.67. The number of hydrogen-bond acceptors (Lipinski definition) is 6. The first-order valence-corrected chi connectivity index (χ1v) is 13.5. The van der Waals surface area contributed by atoms with E-state index in [0.29, 0.717) is 28.3 Å². The number of nitrogens with zero attached hydrogens (tertiary/aromatic N) is 2. The van der Waals surface area contributed by atoms with Gasteiger partial charge >= 0.3 is 0 Å². The lowest BCUT2D eigenvalue weighted by atomic mass is 9.99. The molecule has 0 unspecified atom stereocenters. The highest BCUT2D eigenvalue weighted by Gasteiger charge is 2.38. The zero-order valence-corrected chi connectivity index (χ0v) is 20.0. The molecule has 0 saturated heterocycles. The van der Waals surface area contributed by atoms with E-state index in [0.717, 1.165) is 16.7 Å². The number of methoxy groups -OCH3 is 1. The largest absolute Gasteiger partial charge is 0.497 e. The zero-order chi connectivity index (χ0) is 24.5. The fourth-order valence-corrected chi connectivity index (χ4v) is 5.69. The number of benzene rings is 3. The van der Waals surface area contributed by atoms with Crippen LogP contribution in [0.3, 0.4) is 0 Å². The molecule has 1 atom stereocenters. The van der Waals surface area contributed by atoms with Gasteiger partial charge in [-0.25, -0.2) is 12.8 Å². The van der Waals surface area contributed by atoms with Gasteiger partial charge in [-0.15, -0.1) is 0 Å². The second kappa shape index (κ2) is 9.07. The minimum Gasteiger partial charge on any atom is -0.497 e. The van der Waals surface area contributed by atoms with Gasteiger partial charge in [0.15, 0.2) is 0 Å². The monoisotopic (exact) mass is 503 g/mol. The van der Waals surface area contributed by atoms with Gasteiger partial charge < -0.3 is 4.74 Å².